The van der Waals surface area contributed by atoms with Gasteiger partial charge in [-0.05, 0) is 51.0 Å². The molecular weight excluding hydrogens is 266 g/mol. The SMILES string of the molecule is Cc1cc(C)cc(NCc2ncc(C)c([N+](=O)[O-])c2C)c1. The number of nitrogens with zero attached hydrogens (tertiary/aromatic N) is 2. The molecule has 0 aliphatic rings. The first-order valence-electron chi connectivity index (χ1n) is 6.80. The molecule has 1 heterocycles. The predicted octanol–water partition coefficient (Wildman–Crippen LogP) is 3.84. The molecule has 5 heteroatoms. The molecule has 0 unspecified atom stereocenters. The van der Waals surface area contributed by atoms with Gasteiger partial charge in [-0.15, -0.1) is 0 Å². The van der Waals surface area contributed by atoms with E-state index in [2.05, 4.69) is 16.4 Å². The van der Waals surface area contributed by atoms with Crippen LogP contribution in [-0.2, 0) is 6.54 Å². The second-order valence-electron chi connectivity index (χ2n) is 5.35. The lowest BCUT2D eigenvalue weighted by Crippen LogP contribution is -2.07. The maximum Gasteiger partial charge on any atom is 0.278 e. The number of aryl methyl sites for hydroxylation is 3. The van der Waals surface area contributed by atoms with E-state index in [1.807, 2.05) is 26.0 Å². The van der Waals surface area contributed by atoms with Gasteiger partial charge in [-0.1, -0.05) is 6.07 Å². The minimum absolute atomic E-state index is 0.155. The van der Waals surface area contributed by atoms with E-state index in [1.54, 1.807) is 20.0 Å². The van der Waals surface area contributed by atoms with Gasteiger partial charge in [0.1, 0.15) is 0 Å². The summed E-state index contributed by atoms with van der Waals surface area (Å²) in [6.45, 7) is 8.00. The molecule has 5 nitrogen and oxygen atoms in total. The molecule has 0 amide bonds. The van der Waals surface area contributed by atoms with Crippen molar-refractivity contribution in [3.8, 4) is 0 Å². The standard InChI is InChI=1S/C16H19N3O2/c1-10-5-11(2)7-14(6-10)17-9-15-13(4)16(19(20)21)12(3)8-18-15/h5-8,17H,9H2,1-4H3. The number of nitrogens with one attached hydrogen (secondary N) is 1. The first kappa shape index (κ1) is 15.0. The highest BCUT2D eigenvalue weighted by Gasteiger charge is 2.18. The molecule has 1 aromatic heterocycles. The van der Waals surface area contributed by atoms with Gasteiger partial charge in [-0.3, -0.25) is 15.1 Å². The molecule has 0 spiro atoms. The molecule has 0 saturated carbocycles. The maximum atomic E-state index is 11.1. The number of rotatable bonds is 4. The Balaban J connectivity index is 2.24. The second kappa shape index (κ2) is 5.91. The summed E-state index contributed by atoms with van der Waals surface area (Å²) in [6, 6.07) is 6.20. The lowest BCUT2D eigenvalue weighted by atomic mass is 10.1. The monoisotopic (exact) mass is 285 g/mol. The van der Waals surface area contributed by atoms with E-state index < -0.39 is 0 Å². The molecule has 0 bridgehead atoms. The number of anilines is 1. The number of aromatic nitrogens is 1. The number of hydrogen-bond acceptors (Lipinski definition) is 4. The molecule has 0 saturated heterocycles. The fourth-order valence-electron chi connectivity index (χ4n) is 2.49. The summed E-state index contributed by atoms with van der Waals surface area (Å²) in [5, 5.41) is 14.4. The molecule has 0 aliphatic heterocycles. The van der Waals surface area contributed by atoms with Crippen LogP contribution in [0.4, 0.5) is 11.4 Å². The Kier molecular flexibility index (Phi) is 4.21. The van der Waals surface area contributed by atoms with E-state index >= 15 is 0 Å². The summed E-state index contributed by atoms with van der Waals surface area (Å²) in [4.78, 5) is 15.1. The Morgan fingerprint density at radius 3 is 2.33 bits per heavy atom. The van der Waals surface area contributed by atoms with E-state index in [0.717, 1.165) is 5.69 Å². The van der Waals surface area contributed by atoms with Crippen molar-refractivity contribution < 1.29 is 4.92 Å². The highest BCUT2D eigenvalue weighted by Crippen LogP contribution is 2.24. The summed E-state index contributed by atoms with van der Waals surface area (Å²) < 4.78 is 0. The van der Waals surface area contributed by atoms with E-state index in [0.29, 0.717) is 23.4 Å². The average Bonchev–Trinajstić information content (AvgIpc) is 2.36. The second-order valence-corrected chi connectivity index (χ2v) is 5.35. The first-order valence-corrected chi connectivity index (χ1v) is 6.80. The van der Waals surface area contributed by atoms with Crippen LogP contribution in [0.15, 0.2) is 24.4 Å². The van der Waals surface area contributed by atoms with Crippen molar-refractivity contribution in [2.45, 2.75) is 34.2 Å². The van der Waals surface area contributed by atoms with Crippen LogP contribution in [0.3, 0.4) is 0 Å². The zero-order valence-electron chi connectivity index (χ0n) is 12.7. The van der Waals surface area contributed by atoms with Crippen LogP contribution in [0.1, 0.15) is 27.9 Å². The van der Waals surface area contributed by atoms with Crippen LogP contribution in [0.25, 0.3) is 0 Å². The summed E-state index contributed by atoms with van der Waals surface area (Å²) in [6.07, 6.45) is 1.56. The fourth-order valence-corrected chi connectivity index (χ4v) is 2.49. The minimum atomic E-state index is -0.341. The third kappa shape index (κ3) is 3.37. The van der Waals surface area contributed by atoms with Crippen molar-refractivity contribution in [1.82, 2.24) is 4.98 Å². The van der Waals surface area contributed by atoms with Gasteiger partial charge >= 0.3 is 0 Å². The van der Waals surface area contributed by atoms with Gasteiger partial charge in [-0.25, -0.2) is 0 Å². The van der Waals surface area contributed by atoms with Crippen molar-refractivity contribution in [3.63, 3.8) is 0 Å². The molecule has 0 atom stereocenters. The molecule has 0 radical (unpaired) electrons. The van der Waals surface area contributed by atoms with E-state index in [4.69, 9.17) is 0 Å². The Morgan fingerprint density at radius 2 is 1.76 bits per heavy atom. The van der Waals surface area contributed by atoms with Crippen LogP contribution < -0.4 is 5.32 Å². The molecular formula is C16H19N3O2. The van der Waals surface area contributed by atoms with E-state index in [1.165, 1.54) is 11.1 Å². The van der Waals surface area contributed by atoms with Crippen LogP contribution in [0.2, 0.25) is 0 Å². The van der Waals surface area contributed by atoms with Crippen molar-refractivity contribution in [2.75, 3.05) is 5.32 Å². The summed E-state index contributed by atoms with van der Waals surface area (Å²) >= 11 is 0. The smallest absolute Gasteiger partial charge is 0.278 e. The minimum Gasteiger partial charge on any atom is -0.379 e. The Hall–Kier alpha value is -2.43. The Bertz CT molecular complexity index is 676. The molecule has 0 fully saturated rings. The van der Waals surface area contributed by atoms with Crippen LogP contribution in [-0.4, -0.2) is 9.91 Å². The quantitative estimate of drug-likeness (QED) is 0.684. The molecule has 1 aromatic carbocycles. The molecule has 2 aromatic rings. The normalized spacial score (nSPS) is 10.5. The van der Waals surface area contributed by atoms with Gasteiger partial charge in [0.05, 0.1) is 22.7 Å². The molecule has 0 aliphatic carbocycles. The van der Waals surface area contributed by atoms with Gasteiger partial charge in [0, 0.05) is 17.4 Å². The summed E-state index contributed by atoms with van der Waals surface area (Å²) in [5.41, 5.74) is 5.42. The largest absolute Gasteiger partial charge is 0.379 e. The molecule has 110 valence electrons. The van der Waals surface area contributed by atoms with Gasteiger partial charge in [0.2, 0.25) is 0 Å². The average molecular weight is 285 g/mol. The van der Waals surface area contributed by atoms with Crippen LogP contribution in [0, 0.1) is 37.8 Å². The van der Waals surface area contributed by atoms with Crippen LogP contribution in [0.5, 0.6) is 0 Å². The lowest BCUT2D eigenvalue weighted by molar-refractivity contribution is -0.386. The molecule has 1 N–H and O–H groups in total. The van der Waals surface area contributed by atoms with Crippen molar-refractivity contribution in [3.05, 3.63) is 62.5 Å². The number of benzene rings is 1. The van der Waals surface area contributed by atoms with E-state index in [9.17, 15) is 10.1 Å². The lowest BCUT2D eigenvalue weighted by Gasteiger charge is -2.11. The van der Waals surface area contributed by atoms with Gasteiger partial charge < -0.3 is 5.32 Å². The number of hydrogen-bond donors (Lipinski definition) is 1. The maximum absolute atomic E-state index is 11.1. The van der Waals surface area contributed by atoms with E-state index in [-0.39, 0.29) is 10.6 Å². The highest BCUT2D eigenvalue weighted by atomic mass is 16.6. The Labute approximate surface area is 124 Å². The van der Waals surface area contributed by atoms with Crippen molar-refractivity contribution in [1.29, 1.82) is 0 Å². The summed E-state index contributed by atoms with van der Waals surface area (Å²) in [7, 11) is 0. The highest BCUT2D eigenvalue weighted by molar-refractivity contribution is 5.51. The number of pyridine rings is 1. The predicted molar refractivity (Wildman–Crippen MR) is 83.6 cm³/mol. The van der Waals surface area contributed by atoms with Gasteiger partial charge in [-0.2, -0.15) is 0 Å². The zero-order valence-corrected chi connectivity index (χ0v) is 12.7. The molecule has 21 heavy (non-hydrogen) atoms. The third-order valence-electron chi connectivity index (χ3n) is 3.44. The van der Waals surface area contributed by atoms with Gasteiger partial charge in [0.25, 0.3) is 5.69 Å². The zero-order chi connectivity index (χ0) is 15.6. The number of nitro groups is 1. The first-order chi connectivity index (χ1) is 9.88. The third-order valence-corrected chi connectivity index (χ3v) is 3.44. The molecule has 2 rings (SSSR count). The topological polar surface area (TPSA) is 68.1 Å². The van der Waals surface area contributed by atoms with Crippen LogP contribution >= 0.6 is 0 Å². The summed E-state index contributed by atoms with van der Waals surface area (Å²) in [5.74, 6) is 0. The van der Waals surface area contributed by atoms with Crippen molar-refractivity contribution >= 4 is 11.4 Å². The Morgan fingerprint density at radius 1 is 1.14 bits per heavy atom. The van der Waals surface area contributed by atoms with Gasteiger partial charge in [0.15, 0.2) is 0 Å². The van der Waals surface area contributed by atoms with Crippen molar-refractivity contribution in [2.24, 2.45) is 0 Å². The fraction of sp³-hybridized carbons (Fsp3) is 0.312.